The maximum atomic E-state index is 13.8. The van der Waals surface area contributed by atoms with Gasteiger partial charge >= 0.3 is 0 Å². The summed E-state index contributed by atoms with van der Waals surface area (Å²) in [6.45, 7) is 2.05. The van der Waals surface area contributed by atoms with Crippen LogP contribution in [0.25, 0.3) is 0 Å². The fourth-order valence-corrected chi connectivity index (χ4v) is 2.87. The number of piperidine rings is 1. The maximum absolute atomic E-state index is 13.8. The molecule has 4 nitrogen and oxygen atoms in total. The lowest BCUT2D eigenvalue weighted by molar-refractivity contribution is 0.00822. The van der Waals surface area contributed by atoms with Gasteiger partial charge < -0.3 is 15.4 Å². The number of likely N-dealkylation sites (tertiary alicyclic amines) is 1. The molecule has 2 rings (SSSR count). The van der Waals surface area contributed by atoms with Crippen LogP contribution < -0.4 is 5.73 Å². The van der Waals surface area contributed by atoms with E-state index in [1.807, 2.05) is 0 Å². The Hall–Kier alpha value is -0.760. The zero-order valence-corrected chi connectivity index (χ0v) is 15.0. The summed E-state index contributed by atoms with van der Waals surface area (Å²) >= 11 is 3.00. The van der Waals surface area contributed by atoms with Crippen LogP contribution in [0.5, 0.6) is 0 Å². The van der Waals surface area contributed by atoms with Crippen LogP contribution in [0.15, 0.2) is 16.6 Å². The van der Waals surface area contributed by atoms with Gasteiger partial charge in [-0.15, -0.1) is 12.4 Å². The lowest BCUT2D eigenvalue weighted by atomic mass is 10.1. The van der Waals surface area contributed by atoms with Crippen LogP contribution in [0.2, 0.25) is 0 Å². The Bertz CT molecular complexity index is 517. The van der Waals surface area contributed by atoms with Gasteiger partial charge in [-0.1, -0.05) is 15.9 Å². The monoisotopic (exact) mass is 412 g/mol. The van der Waals surface area contributed by atoms with Crippen molar-refractivity contribution in [1.29, 1.82) is 0 Å². The lowest BCUT2D eigenvalue weighted by Crippen LogP contribution is -2.41. The molecular formula is C15H20BrClF2N2O2. The number of nitrogens with two attached hydrogens (primary N) is 1. The third kappa shape index (κ3) is 5.38. The summed E-state index contributed by atoms with van der Waals surface area (Å²) in [5.74, 6) is -2.31. The summed E-state index contributed by atoms with van der Waals surface area (Å²) in [6, 6.07) is 2.19. The third-order valence-corrected chi connectivity index (χ3v) is 4.11. The van der Waals surface area contributed by atoms with E-state index in [0.717, 1.165) is 18.6 Å². The second-order valence-corrected chi connectivity index (χ2v) is 6.16. The van der Waals surface area contributed by atoms with Crippen molar-refractivity contribution in [3.05, 3.63) is 33.8 Å². The molecule has 130 valence electrons. The predicted octanol–water partition coefficient (Wildman–Crippen LogP) is 3.12. The highest BCUT2D eigenvalue weighted by Crippen LogP contribution is 2.23. The number of ether oxygens (including phenoxy) is 1. The second-order valence-electron chi connectivity index (χ2n) is 5.25. The van der Waals surface area contributed by atoms with Crippen LogP contribution in [0.3, 0.4) is 0 Å². The number of benzene rings is 1. The Balaban J connectivity index is 0.00000264. The first kappa shape index (κ1) is 20.3. The highest BCUT2D eigenvalue weighted by molar-refractivity contribution is 9.10. The molecule has 8 heteroatoms. The number of carbonyl (C=O) groups is 1. The Kier molecular flexibility index (Phi) is 8.39. The Labute approximate surface area is 148 Å². The van der Waals surface area contributed by atoms with Crippen molar-refractivity contribution >= 4 is 34.2 Å². The summed E-state index contributed by atoms with van der Waals surface area (Å²) in [6.07, 6.45) is 2.20. The van der Waals surface area contributed by atoms with E-state index >= 15 is 0 Å². The van der Waals surface area contributed by atoms with Gasteiger partial charge in [0.1, 0.15) is 17.2 Å². The average molecular weight is 414 g/mol. The molecule has 0 radical (unpaired) electrons. The quantitative estimate of drug-likeness (QED) is 0.755. The van der Waals surface area contributed by atoms with E-state index in [4.69, 9.17) is 10.5 Å². The number of nitrogens with zero attached hydrogens (tertiary/aromatic N) is 1. The highest BCUT2D eigenvalue weighted by Gasteiger charge is 2.28. The molecule has 0 atom stereocenters. The SMILES string of the molecule is Cl.NCCCOC1CCN(C(=O)c2c(F)cc(Br)cc2F)CC1. The van der Waals surface area contributed by atoms with Crippen molar-refractivity contribution in [1.82, 2.24) is 4.90 Å². The summed E-state index contributed by atoms with van der Waals surface area (Å²) in [7, 11) is 0. The topological polar surface area (TPSA) is 55.6 Å². The first-order valence-electron chi connectivity index (χ1n) is 7.28. The van der Waals surface area contributed by atoms with Gasteiger partial charge in [0, 0.05) is 24.2 Å². The maximum Gasteiger partial charge on any atom is 0.259 e. The van der Waals surface area contributed by atoms with Crippen molar-refractivity contribution in [2.24, 2.45) is 5.73 Å². The molecule has 0 unspecified atom stereocenters. The first-order valence-corrected chi connectivity index (χ1v) is 8.07. The fraction of sp³-hybridized carbons (Fsp3) is 0.533. The molecule has 0 aromatic heterocycles. The molecule has 0 aliphatic carbocycles. The highest BCUT2D eigenvalue weighted by atomic mass is 79.9. The van der Waals surface area contributed by atoms with E-state index in [0.29, 0.717) is 39.1 Å². The molecular weight excluding hydrogens is 394 g/mol. The van der Waals surface area contributed by atoms with Crippen LogP contribution in [-0.2, 0) is 4.74 Å². The van der Waals surface area contributed by atoms with E-state index in [1.165, 1.54) is 4.90 Å². The largest absolute Gasteiger partial charge is 0.378 e. The predicted molar refractivity (Wildman–Crippen MR) is 89.9 cm³/mol. The van der Waals surface area contributed by atoms with Crippen molar-refractivity contribution in [3.8, 4) is 0 Å². The minimum atomic E-state index is -0.849. The van der Waals surface area contributed by atoms with Crippen LogP contribution in [-0.4, -0.2) is 43.2 Å². The summed E-state index contributed by atoms with van der Waals surface area (Å²) in [5.41, 5.74) is 4.91. The third-order valence-electron chi connectivity index (χ3n) is 3.65. The summed E-state index contributed by atoms with van der Waals surface area (Å²) in [4.78, 5) is 13.8. The molecule has 1 aromatic carbocycles. The smallest absolute Gasteiger partial charge is 0.259 e. The number of halogens is 4. The normalized spacial score (nSPS) is 15.4. The molecule has 1 aromatic rings. The zero-order valence-electron chi connectivity index (χ0n) is 12.6. The van der Waals surface area contributed by atoms with E-state index in [1.54, 1.807) is 0 Å². The van der Waals surface area contributed by atoms with E-state index in [-0.39, 0.29) is 23.0 Å². The van der Waals surface area contributed by atoms with E-state index < -0.39 is 23.1 Å². The Morgan fingerprint density at radius 2 is 1.87 bits per heavy atom. The molecule has 0 spiro atoms. The van der Waals surface area contributed by atoms with Crippen molar-refractivity contribution in [2.75, 3.05) is 26.2 Å². The molecule has 0 saturated carbocycles. The molecule has 1 fully saturated rings. The number of hydrogen-bond donors (Lipinski definition) is 1. The molecule has 1 aliphatic heterocycles. The molecule has 23 heavy (non-hydrogen) atoms. The van der Waals surface area contributed by atoms with E-state index in [9.17, 15) is 13.6 Å². The zero-order chi connectivity index (χ0) is 16.1. The number of carbonyl (C=O) groups excluding carboxylic acids is 1. The van der Waals surface area contributed by atoms with Crippen LogP contribution in [0.4, 0.5) is 8.78 Å². The molecule has 0 bridgehead atoms. The van der Waals surface area contributed by atoms with Gasteiger partial charge in [-0.3, -0.25) is 4.79 Å². The first-order chi connectivity index (χ1) is 10.5. The van der Waals surface area contributed by atoms with Crippen LogP contribution >= 0.6 is 28.3 Å². The minimum absolute atomic E-state index is 0. The summed E-state index contributed by atoms with van der Waals surface area (Å²) < 4.78 is 33.6. The molecule has 1 saturated heterocycles. The average Bonchev–Trinajstić information content (AvgIpc) is 2.47. The van der Waals surface area contributed by atoms with Crippen LogP contribution in [0.1, 0.15) is 29.6 Å². The number of rotatable bonds is 5. The van der Waals surface area contributed by atoms with Gasteiger partial charge in [-0.05, 0) is 37.9 Å². The Morgan fingerprint density at radius 3 is 2.39 bits per heavy atom. The number of hydrogen-bond acceptors (Lipinski definition) is 3. The van der Waals surface area contributed by atoms with Crippen LogP contribution in [0, 0.1) is 11.6 Å². The van der Waals surface area contributed by atoms with Gasteiger partial charge in [0.15, 0.2) is 0 Å². The van der Waals surface area contributed by atoms with Crippen molar-refractivity contribution < 1.29 is 18.3 Å². The molecule has 2 N–H and O–H groups in total. The number of amides is 1. The lowest BCUT2D eigenvalue weighted by Gasteiger charge is -2.32. The van der Waals surface area contributed by atoms with Gasteiger partial charge in [0.05, 0.1) is 6.10 Å². The molecule has 1 aliphatic rings. The van der Waals surface area contributed by atoms with Crippen molar-refractivity contribution in [2.45, 2.75) is 25.4 Å². The molecule has 1 heterocycles. The van der Waals surface area contributed by atoms with E-state index in [2.05, 4.69) is 15.9 Å². The summed E-state index contributed by atoms with van der Waals surface area (Å²) in [5, 5.41) is 0. The Morgan fingerprint density at radius 1 is 1.30 bits per heavy atom. The fourth-order valence-electron chi connectivity index (χ4n) is 2.46. The van der Waals surface area contributed by atoms with Gasteiger partial charge in [-0.25, -0.2) is 8.78 Å². The van der Waals surface area contributed by atoms with Gasteiger partial charge in [0.2, 0.25) is 0 Å². The van der Waals surface area contributed by atoms with Gasteiger partial charge in [0.25, 0.3) is 5.91 Å². The minimum Gasteiger partial charge on any atom is -0.378 e. The standard InChI is InChI=1S/C15H19BrF2N2O2.ClH/c16-10-8-12(17)14(13(18)9-10)15(21)20-5-2-11(3-6-20)22-7-1-4-19;/h8-9,11H,1-7,19H2;1H. The second kappa shape index (κ2) is 9.52. The molecule has 1 amide bonds. The van der Waals surface area contributed by atoms with Gasteiger partial charge in [-0.2, -0.15) is 0 Å². The van der Waals surface area contributed by atoms with Crippen molar-refractivity contribution in [3.63, 3.8) is 0 Å².